The number of likely N-dealkylation sites (tertiary alicyclic amines) is 1. The lowest BCUT2D eigenvalue weighted by Crippen LogP contribution is -2.57. The number of likely N-dealkylation sites (N-methyl/N-ethyl adjacent to an activating group) is 1. The highest BCUT2D eigenvalue weighted by Crippen LogP contribution is 2.48. The molecular formula is C45H69N4O9P. The second-order valence-electron chi connectivity index (χ2n) is 16.2. The first-order valence-corrected chi connectivity index (χ1v) is 22.7. The van der Waals surface area contributed by atoms with E-state index < -0.39 is 55.3 Å². The predicted octanol–water partition coefficient (Wildman–Crippen LogP) is 5.80. The minimum Gasteiger partial charge on any atom is -0.501 e. The first-order valence-electron chi connectivity index (χ1n) is 20.8. The van der Waals surface area contributed by atoms with Gasteiger partial charge in [0, 0.05) is 40.7 Å². The van der Waals surface area contributed by atoms with Crippen LogP contribution < -0.4 is 10.6 Å². The molecule has 1 aliphatic rings. The van der Waals surface area contributed by atoms with Gasteiger partial charge in [-0.2, -0.15) is 0 Å². The van der Waals surface area contributed by atoms with Crippen LogP contribution in [0.2, 0.25) is 0 Å². The van der Waals surface area contributed by atoms with Crippen molar-refractivity contribution in [2.24, 2.45) is 17.8 Å². The maximum absolute atomic E-state index is 14.3. The van der Waals surface area contributed by atoms with E-state index in [4.69, 9.17) is 14.2 Å². The highest BCUT2D eigenvalue weighted by molar-refractivity contribution is 7.59. The fraction of sp³-hybridized carbons (Fsp3) is 0.600. The molecule has 1 unspecified atom stereocenters. The molecule has 1 fully saturated rings. The minimum absolute atomic E-state index is 0.0252. The summed E-state index contributed by atoms with van der Waals surface area (Å²) in [6, 6.07) is 17.2. The molecule has 1 heterocycles. The van der Waals surface area contributed by atoms with Crippen LogP contribution in [0.1, 0.15) is 77.8 Å². The number of allylic oxidation sites excluding steroid dienone is 1. The van der Waals surface area contributed by atoms with Crippen molar-refractivity contribution in [3.63, 3.8) is 0 Å². The zero-order valence-electron chi connectivity index (χ0n) is 36.6. The highest BCUT2D eigenvalue weighted by atomic mass is 31.2. The van der Waals surface area contributed by atoms with Crippen molar-refractivity contribution in [2.75, 3.05) is 41.1 Å². The van der Waals surface area contributed by atoms with Crippen molar-refractivity contribution in [3.8, 4) is 0 Å². The zero-order valence-corrected chi connectivity index (χ0v) is 37.5. The van der Waals surface area contributed by atoms with E-state index in [2.05, 4.69) is 17.2 Å². The van der Waals surface area contributed by atoms with Crippen molar-refractivity contribution in [3.05, 3.63) is 84.1 Å². The average Bonchev–Trinajstić information content (AvgIpc) is 3.71. The van der Waals surface area contributed by atoms with Gasteiger partial charge in [0.15, 0.2) is 0 Å². The molecular weight excluding hydrogens is 771 g/mol. The van der Waals surface area contributed by atoms with E-state index in [-0.39, 0.29) is 60.7 Å². The quantitative estimate of drug-likeness (QED) is 0.0877. The number of benzene rings is 2. The summed E-state index contributed by atoms with van der Waals surface area (Å²) < 4.78 is 30.8. The molecule has 9 atom stereocenters. The van der Waals surface area contributed by atoms with Crippen LogP contribution >= 0.6 is 7.37 Å². The van der Waals surface area contributed by atoms with Gasteiger partial charge in [-0.25, -0.2) is 0 Å². The number of carbonyl (C=O) groups excluding carboxylic acids is 4. The van der Waals surface area contributed by atoms with Crippen LogP contribution in [0.15, 0.2) is 73.0 Å². The van der Waals surface area contributed by atoms with Crippen LogP contribution in [0.4, 0.5) is 0 Å². The van der Waals surface area contributed by atoms with E-state index in [0.717, 1.165) is 11.1 Å². The van der Waals surface area contributed by atoms with E-state index in [1.54, 1.807) is 23.8 Å². The lowest BCUT2D eigenvalue weighted by molar-refractivity contribution is -0.147. The molecule has 1 aliphatic heterocycles. The van der Waals surface area contributed by atoms with Crippen molar-refractivity contribution in [2.45, 2.75) is 116 Å². The predicted molar refractivity (Wildman–Crippen MR) is 231 cm³/mol. The summed E-state index contributed by atoms with van der Waals surface area (Å²) in [5, 5.41) is 5.82. The topological polar surface area (TPSA) is 164 Å². The molecule has 2 aromatic carbocycles. The summed E-state index contributed by atoms with van der Waals surface area (Å²) in [5.74, 6) is -3.17. The van der Waals surface area contributed by atoms with Gasteiger partial charge < -0.3 is 39.5 Å². The molecule has 328 valence electrons. The Hall–Kier alpha value is -4.03. The number of nitrogens with zero attached hydrogens (tertiary/aromatic N) is 2. The van der Waals surface area contributed by atoms with Gasteiger partial charge in [0.25, 0.3) is 0 Å². The zero-order chi connectivity index (χ0) is 43.9. The standard InChI is InChI=1S/C45H69N4O9P/c1-11-31(4)42(48(7)45(53)41(30(2)3)46-38(50)25-24-34-19-14-12-15-20-34)37(57-9)28-40(51)49-26-18-23-36(49)43(58-10)33(6)44(52)47-39(27-35-21-16-13-17-22-35)59(54,55)29-32(5)56-8/h12-17,19-22,30-31,33,36-37,39,41-43H,5,11,18,23-29H2,1-4,6-10H3,(H,46,50)(H,47,52)(H,54,55)/t31-,33+,36-,37+,39+,41-,42-,43+/m0/s1. The molecule has 59 heavy (non-hydrogen) atoms. The van der Waals surface area contributed by atoms with E-state index in [9.17, 15) is 28.6 Å². The summed E-state index contributed by atoms with van der Waals surface area (Å²) >= 11 is 0. The third-order valence-electron chi connectivity index (χ3n) is 11.8. The molecule has 0 saturated carbocycles. The molecule has 1 saturated heterocycles. The Balaban J connectivity index is 1.78. The number of amides is 4. The van der Waals surface area contributed by atoms with Gasteiger partial charge in [-0.3, -0.25) is 23.7 Å². The fourth-order valence-corrected chi connectivity index (χ4v) is 9.72. The monoisotopic (exact) mass is 840 g/mol. The van der Waals surface area contributed by atoms with Crippen LogP contribution in [0.25, 0.3) is 0 Å². The number of rotatable bonds is 24. The molecule has 13 nitrogen and oxygen atoms in total. The highest BCUT2D eigenvalue weighted by Gasteiger charge is 2.44. The van der Waals surface area contributed by atoms with E-state index in [0.29, 0.717) is 32.2 Å². The van der Waals surface area contributed by atoms with Gasteiger partial charge in [0.2, 0.25) is 31.0 Å². The molecule has 3 rings (SSSR count). The first-order chi connectivity index (χ1) is 28.0. The number of nitrogens with one attached hydrogen (secondary N) is 2. The largest absolute Gasteiger partial charge is 0.501 e. The molecule has 0 aromatic heterocycles. The van der Waals surface area contributed by atoms with Crippen LogP contribution in [-0.2, 0) is 50.8 Å². The Morgan fingerprint density at radius 2 is 1.56 bits per heavy atom. The number of hydrogen-bond acceptors (Lipinski definition) is 8. The Morgan fingerprint density at radius 3 is 2.10 bits per heavy atom. The molecule has 0 radical (unpaired) electrons. The molecule has 0 spiro atoms. The second-order valence-corrected chi connectivity index (χ2v) is 18.7. The van der Waals surface area contributed by atoms with Crippen molar-refractivity contribution >= 4 is 31.0 Å². The Kier molecular flexibility index (Phi) is 19.8. The van der Waals surface area contributed by atoms with Gasteiger partial charge in [0.05, 0.1) is 55.7 Å². The summed E-state index contributed by atoms with van der Waals surface area (Å²) in [6.45, 7) is 13.7. The number of aryl methyl sites for hydroxylation is 1. The minimum atomic E-state index is -4.04. The van der Waals surface area contributed by atoms with Crippen molar-refractivity contribution in [1.29, 1.82) is 0 Å². The number of carbonyl (C=O) groups is 4. The van der Waals surface area contributed by atoms with Crippen LogP contribution in [0.3, 0.4) is 0 Å². The molecule has 2 aromatic rings. The maximum atomic E-state index is 14.3. The lowest BCUT2D eigenvalue weighted by Gasteiger charge is -2.41. The van der Waals surface area contributed by atoms with Gasteiger partial charge in [0.1, 0.15) is 11.8 Å². The molecule has 3 N–H and O–H groups in total. The van der Waals surface area contributed by atoms with Gasteiger partial charge in [-0.1, -0.05) is 108 Å². The van der Waals surface area contributed by atoms with Crippen LogP contribution in [-0.4, -0.2) is 116 Å². The van der Waals surface area contributed by atoms with Crippen LogP contribution in [0.5, 0.6) is 0 Å². The third-order valence-corrected chi connectivity index (χ3v) is 13.8. The molecule has 14 heteroatoms. The molecule has 0 aliphatic carbocycles. The summed E-state index contributed by atoms with van der Waals surface area (Å²) in [4.78, 5) is 70.1. The van der Waals surface area contributed by atoms with Crippen LogP contribution in [0, 0.1) is 17.8 Å². The fourth-order valence-electron chi connectivity index (χ4n) is 8.04. The third kappa shape index (κ3) is 14.0. The van der Waals surface area contributed by atoms with Gasteiger partial charge in [-0.15, -0.1) is 0 Å². The number of hydrogen-bond donors (Lipinski definition) is 3. The van der Waals surface area contributed by atoms with Crippen molar-refractivity contribution < 1.29 is 42.8 Å². The SMILES string of the molecule is C=C(CP(=O)(O)[C@H](Cc1ccccc1)NC(=O)[C@H](C)[C@@H](OC)[C@@H]1CCCN1C(=O)C[C@@H](OC)[C@H]([C@@H](C)CC)N(C)C(=O)[C@@H](NC(=O)CCc1ccccc1)C(C)C)OC. The maximum Gasteiger partial charge on any atom is 0.245 e. The summed E-state index contributed by atoms with van der Waals surface area (Å²) in [7, 11) is 2.09. The number of ether oxygens (including phenoxy) is 3. The number of methoxy groups -OCH3 is 3. The smallest absolute Gasteiger partial charge is 0.245 e. The Bertz CT molecular complexity index is 1710. The van der Waals surface area contributed by atoms with E-state index in [1.807, 2.05) is 88.4 Å². The normalized spacial score (nSPS) is 18.7. The molecule has 4 amide bonds. The van der Waals surface area contributed by atoms with Gasteiger partial charge in [-0.05, 0) is 42.2 Å². The second kappa shape index (κ2) is 23.7. The van der Waals surface area contributed by atoms with E-state index >= 15 is 0 Å². The first kappa shape index (κ1) is 49.3. The summed E-state index contributed by atoms with van der Waals surface area (Å²) in [6.07, 6.45) is 1.16. The average molecular weight is 841 g/mol. The summed E-state index contributed by atoms with van der Waals surface area (Å²) in [5.41, 5.74) is 1.82. The van der Waals surface area contributed by atoms with Gasteiger partial charge >= 0.3 is 0 Å². The Morgan fingerprint density at radius 1 is 0.949 bits per heavy atom. The molecule has 0 bridgehead atoms. The lowest BCUT2D eigenvalue weighted by atomic mass is 9.89. The van der Waals surface area contributed by atoms with Crippen molar-refractivity contribution in [1.82, 2.24) is 20.4 Å². The van der Waals surface area contributed by atoms with E-state index in [1.165, 1.54) is 21.3 Å². The Labute approximate surface area is 352 Å².